The lowest BCUT2D eigenvalue weighted by Gasteiger charge is -2.19. The van der Waals surface area contributed by atoms with Crippen LogP contribution in [0.15, 0.2) is 43.0 Å². The Labute approximate surface area is 146 Å². The van der Waals surface area contributed by atoms with Crippen LogP contribution in [0.4, 0.5) is 21.0 Å². The molecule has 3 amide bonds. The molecule has 2 aromatic rings. The molecule has 1 aromatic heterocycles. The molecule has 0 bridgehead atoms. The summed E-state index contributed by atoms with van der Waals surface area (Å²) in [6.07, 6.45) is 4.68. The molecule has 8 heteroatoms. The van der Waals surface area contributed by atoms with Crippen molar-refractivity contribution in [3.05, 3.63) is 43.0 Å². The van der Waals surface area contributed by atoms with E-state index in [1.54, 1.807) is 57.6 Å². The van der Waals surface area contributed by atoms with Gasteiger partial charge in [-0.2, -0.15) is 0 Å². The lowest BCUT2D eigenvalue weighted by molar-refractivity contribution is 0.0636. The number of aromatic nitrogens is 2. The second-order valence-electron chi connectivity index (χ2n) is 6.39. The van der Waals surface area contributed by atoms with Crippen LogP contribution >= 0.6 is 0 Å². The molecule has 0 aliphatic carbocycles. The van der Waals surface area contributed by atoms with Gasteiger partial charge >= 0.3 is 12.1 Å². The van der Waals surface area contributed by atoms with Crippen molar-refractivity contribution >= 4 is 23.5 Å². The first kappa shape index (κ1) is 18.3. The maximum atomic E-state index is 11.8. The van der Waals surface area contributed by atoms with Crippen LogP contribution in [-0.4, -0.2) is 33.8 Å². The zero-order valence-corrected chi connectivity index (χ0v) is 14.6. The molecular weight excluding hydrogens is 322 g/mol. The average molecular weight is 345 g/mol. The van der Waals surface area contributed by atoms with Gasteiger partial charge in [-0.25, -0.2) is 14.6 Å². The van der Waals surface area contributed by atoms with Gasteiger partial charge in [0.1, 0.15) is 5.60 Å². The monoisotopic (exact) mass is 345 g/mol. The normalized spacial score (nSPS) is 10.8. The molecule has 1 aromatic carbocycles. The molecule has 0 aliphatic rings. The lowest BCUT2D eigenvalue weighted by Crippen LogP contribution is -2.31. The van der Waals surface area contributed by atoms with E-state index in [1.807, 2.05) is 10.8 Å². The molecule has 8 nitrogen and oxygen atoms in total. The smallest absolute Gasteiger partial charge is 0.412 e. The minimum atomic E-state index is -0.555. The quantitative estimate of drug-likeness (QED) is 0.776. The third kappa shape index (κ3) is 6.94. The van der Waals surface area contributed by atoms with Crippen LogP contribution in [0.3, 0.4) is 0 Å². The van der Waals surface area contributed by atoms with Gasteiger partial charge in [0.2, 0.25) is 0 Å². The standard InChI is InChI=1S/C17H23N5O3/c1-17(2,3)25-16(24)21-14-6-4-13(5-7-14)20-15(23)19-9-11-22-10-8-18-12-22/h4-8,10,12H,9,11H2,1-3H3,(H,21,24)(H2,19,20,23). The summed E-state index contributed by atoms with van der Waals surface area (Å²) in [6.45, 7) is 6.52. The van der Waals surface area contributed by atoms with E-state index in [1.165, 1.54) is 0 Å². The number of nitrogens with zero attached hydrogens (tertiary/aromatic N) is 2. The highest BCUT2D eigenvalue weighted by atomic mass is 16.6. The van der Waals surface area contributed by atoms with Crippen molar-refractivity contribution in [1.82, 2.24) is 14.9 Å². The maximum absolute atomic E-state index is 11.8. The Hall–Kier alpha value is -3.03. The van der Waals surface area contributed by atoms with E-state index in [-0.39, 0.29) is 6.03 Å². The van der Waals surface area contributed by atoms with Gasteiger partial charge in [-0.3, -0.25) is 5.32 Å². The van der Waals surface area contributed by atoms with E-state index in [2.05, 4.69) is 20.9 Å². The molecule has 0 unspecified atom stereocenters. The number of rotatable bonds is 5. The summed E-state index contributed by atoms with van der Waals surface area (Å²) in [4.78, 5) is 27.4. The summed E-state index contributed by atoms with van der Waals surface area (Å²) in [5, 5.41) is 8.11. The number of carbonyl (C=O) groups is 2. The Kier molecular flexibility index (Phi) is 5.99. The Bertz CT molecular complexity index is 690. The van der Waals surface area contributed by atoms with Crippen molar-refractivity contribution in [3.8, 4) is 0 Å². The molecule has 2 rings (SSSR count). The number of urea groups is 1. The summed E-state index contributed by atoms with van der Waals surface area (Å²) in [6, 6.07) is 6.47. The lowest BCUT2D eigenvalue weighted by atomic mass is 10.2. The molecule has 0 spiro atoms. The largest absolute Gasteiger partial charge is 0.444 e. The SMILES string of the molecule is CC(C)(C)OC(=O)Nc1ccc(NC(=O)NCCn2ccnc2)cc1. The molecule has 25 heavy (non-hydrogen) atoms. The van der Waals surface area contributed by atoms with Gasteiger partial charge in [-0.05, 0) is 45.0 Å². The van der Waals surface area contributed by atoms with Crippen LogP contribution in [0.5, 0.6) is 0 Å². The van der Waals surface area contributed by atoms with Crippen LogP contribution in [0.25, 0.3) is 0 Å². The average Bonchev–Trinajstić information content (AvgIpc) is 3.00. The summed E-state index contributed by atoms with van der Waals surface area (Å²) in [7, 11) is 0. The van der Waals surface area contributed by atoms with Gasteiger partial charge in [-0.1, -0.05) is 0 Å². The van der Waals surface area contributed by atoms with Crippen LogP contribution in [0.1, 0.15) is 20.8 Å². The molecule has 0 saturated heterocycles. The molecule has 0 fully saturated rings. The Balaban J connectivity index is 1.75. The molecule has 1 heterocycles. The number of hydrogen-bond donors (Lipinski definition) is 3. The predicted molar refractivity (Wildman–Crippen MR) is 95.5 cm³/mol. The number of amides is 3. The molecule has 0 radical (unpaired) electrons. The molecule has 0 atom stereocenters. The Morgan fingerprint density at radius 2 is 1.76 bits per heavy atom. The fraction of sp³-hybridized carbons (Fsp3) is 0.353. The van der Waals surface area contributed by atoms with E-state index < -0.39 is 11.7 Å². The fourth-order valence-electron chi connectivity index (χ4n) is 1.95. The van der Waals surface area contributed by atoms with Crippen molar-refractivity contribution in [2.24, 2.45) is 0 Å². The molecule has 3 N–H and O–H groups in total. The van der Waals surface area contributed by atoms with Crippen molar-refractivity contribution in [1.29, 1.82) is 0 Å². The van der Waals surface area contributed by atoms with Gasteiger partial charge in [0.25, 0.3) is 0 Å². The van der Waals surface area contributed by atoms with Crippen LogP contribution < -0.4 is 16.0 Å². The first-order valence-electron chi connectivity index (χ1n) is 7.92. The van der Waals surface area contributed by atoms with Crippen LogP contribution in [-0.2, 0) is 11.3 Å². The summed E-state index contributed by atoms with van der Waals surface area (Å²) < 4.78 is 7.05. The highest BCUT2D eigenvalue weighted by molar-refractivity contribution is 5.90. The van der Waals surface area contributed by atoms with Gasteiger partial charge in [0, 0.05) is 36.9 Å². The Morgan fingerprint density at radius 3 is 2.32 bits per heavy atom. The third-order valence-corrected chi connectivity index (χ3v) is 3.00. The summed E-state index contributed by atoms with van der Waals surface area (Å²) in [5.41, 5.74) is 0.649. The second kappa shape index (κ2) is 8.18. The first-order chi connectivity index (χ1) is 11.8. The number of ether oxygens (including phenoxy) is 1. The van der Waals surface area contributed by atoms with Gasteiger partial charge < -0.3 is 19.9 Å². The minimum absolute atomic E-state index is 0.298. The highest BCUT2D eigenvalue weighted by Gasteiger charge is 2.16. The fourth-order valence-corrected chi connectivity index (χ4v) is 1.95. The van der Waals surface area contributed by atoms with E-state index in [4.69, 9.17) is 4.74 Å². The van der Waals surface area contributed by atoms with Crippen LogP contribution in [0.2, 0.25) is 0 Å². The topological polar surface area (TPSA) is 97.3 Å². The van der Waals surface area contributed by atoms with Gasteiger partial charge in [0.15, 0.2) is 0 Å². The molecule has 134 valence electrons. The minimum Gasteiger partial charge on any atom is -0.444 e. The number of carbonyl (C=O) groups excluding carboxylic acids is 2. The van der Waals surface area contributed by atoms with E-state index in [0.717, 1.165) is 0 Å². The van der Waals surface area contributed by atoms with Crippen molar-refractivity contribution in [2.45, 2.75) is 32.9 Å². The molecule has 0 aliphatic heterocycles. The van der Waals surface area contributed by atoms with Crippen molar-refractivity contribution in [2.75, 3.05) is 17.2 Å². The number of benzene rings is 1. The number of imidazole rings is 1. The van der Waals surface area contributed by atoms with E-state index in [9.17, 15) is 9.59 Å². The first-order valence-corrected chi connectivity index (χ1v) is 7.92. The van der Waals surface area contributed by atoms with Gasteiger partial charge in [-0.15, -0.1) is 0 Å². The van der Waals surface area contributed by atoms with Crippen molar-refractivity contribution in [3.63, 3.8) is 0 Å². The number of hydrogen-bond acceptors (Lipinski definition) is 4. The number of nitrogens with one attached hydrogen (secondary N) is 3. The highest BCUT2D eigenvalue weighted by Crippen LogP contribution is 2.15. The van der Waals surface area contributed by atoms with E-state index >= 15 is 0 Å². The van der Waals surface area contributed by atoms with Crippen molar-refractivity contribution < 1.29 is 14.3 Å². The van der Waals surface area contributed by atoms with Gasteiger partial charge in [0.05, 0.1) is 6.33 Å². The zero-order valence-electron chi connectivity index (χ0n) is 14.6. The predicted octanol–water partition coefficient (Wildman–Crippen LogP) is 3.05. The number of anilines is 2. The Morgan fingerprint density at radius 1 is 1.12 bits per heavy atom. The molecular formula is C17H23N5O3. The van der Waals surface area contributed by atoms with Crippen LogP contribution in [0, 0.1) is 0 Å². The molecule has 0 saturated carbocycles. The zero-order chi connectivity index (χ0) is 18.3. The van der Waals surface area contributed by atoms with E-state index in [0.29, 0.717) is 24.5 Å². The summed E-state index contributed by atoms with van der Waals surface area (Å²) >= 11 is 0. The third-order valence-electron chi connectivity index (χ3n) is 3.00. The maximum Gasteiger partial charge on any atom is 0.412 e. The second-order valence-corrected chi connectivity index (χ2v) is 6.39. The summed E-state index contributed by atoms with van der Waals surface area (Å²) in [5.74, 6) is 0.